The van der Waals surface area contributed by atoms with Crippen LogP contribution in [0.1, 0.15) is 5.56 Å². The molecule has 0 fully saturated rings. The van der Waals surface area contributed by atoms with E-state index in [1.54, 1.807) is 44.6 Å². The number of nitrogens with one attached hydrogen (secondary N) is 1. The lowest BCUT2D eigenvalue weighted by Gasteiger charge is -2.14. The van der Waals surface area contributed by atoms with E-state index in [-0.39, 0.29) is 40.6 Å². The summed E-state index contributed by atoms with van der Waals surface area (Å²) in [6.45, 7) is 0.216. The van der Waals surface area contributed by atoms with Crippen LogP contribution in [0.15, 0.2) is 48.8 Å². The summed E-state index contributed by atoms with van der Waals surface area (Å²) in [7, 11) is 3.27. The minimum absolute atomic E-state index is 0.107. The molecule has 154 valence electrons. The van der Waals surface area contributed by atoms with Crippen LogP contribution in [0.4, 0.5) is 9.18 Å². The van der Waals surface area contributed by atoms with E-state index in [0.717, 1.165) is 5.56 Å². The molecule has 4 aromatic rings. The molecular formula is C21H19FN4O4. The van der Waals surface area contributed by atoms with Crippen LogP contribution in [-0.4, -0.2) is 45.0 Å². The average Bonchev–Trinajstić information content (AvgIpc) is 3.03. The van der Waals surface area contributed by atoms with Gasteiger partial charge >= 0.3 is 6.09 Å². The van der Waals surface area contributed by atoms with Gasteiger partial charge in [0.1, 0.15) is 11.3 Å². The number of phenols is 1. The number of carbonyl (C=O) groups is 1. The van der Waals surface area contributed by atoms with Gasteiger partial charge in [-0.25, -0.2) is 14.2 Å². The van der Waals surface area contributed by atoms with Gasteiger partial charge in [-0.15, -0.1) is 0 Å². The molecule has 9 heteroatoms. The highest BCUT2D eigenvalue weighted by molar-refractivity contribution is 6.12. The number of pyridine rings is 1. The highest BCUT2D eigenvalue weighted by atomic mass is 19.1. The summed E-state index contributed by atoms with van der Waals surface area (Å²) in [5.41, 5.74) is 3.41. The summed E-state index contributed by atoms with van der Waals surface area (Å²) in [5, 5.41) is 23.8. The quantitative estimate of drug-likeness (QED) is 0.446. The van der Waals surface area contributed by atoms with Gasteiger partial charge in [-0.2, -0.15) is 0 Å². The van der Waals surface area contributed by atoms with Crippen molar-refractivity contribution >= 4 is 27.8 Å². The number of aromatic nitrogens is 2. The fourth-order valence-corrected chi connectivity index (χ4v) is 3.31. The SMILES string of the molecule is CN(C)NC(=O)Oc1c2cccnc2c(O)c2c(O)n(Cc3ccc(F)cc3)cc12. The number of nitrogens with zero attached hydrogens (tertiary/aromatic N) is 3. The number of carbonyl (C=O) groups excluding carboxylic acids is 1. The fraction of sp³-hybridized carbons (Fsp3) is 0.143. The number of aromatic hydroxyl groups is 2. The van der Waals surface area contributed by atoms with Gasteiger partial charge in [0, 0.05) is 31.9 Å². The van der Waals surface area contributed by atoms with Crippen molar-refractivity contribution in [3.05, 3.63) is 60.2 Å². The summed E-state index contributed by atoms with van der Waals surface area (Å²) in [4.78, 5) is 16.4. The number of fused-ring (bicyclic) bond motifs is 2. The maximum Gasteiger partial charge on any atom is 0.427 e. The van der Waals surface area contributed by atoms with Crippen molar-refractivity contribution in [2.45, 2.75) is 6.54 Å². The molecule has 3 N–H and O–H groups in total. The molecule has 4 rings (SSSR count). The smallest absolute Gasteiger partial charge is 0.427 e. The number of ether oxygens (including phenoxy) is 1. The monoisotopic (exact) mass is 410 g/mol. The standard InChI is InChI=1S/C21H19FN4O4/c1-25(2)24-21(29)30-19-14-4-3-9-23-17(14)18(27)16-15(19)11-26(20(16)28)10-12-5-7-13(22)8-6-12/h3-9,11,27-28H,10H2,1-2H3,(H,24,29). The first-order valence-electron chi connectivity index (χ1n) is 9.07. The van der Waals surface area contributed by atoms with Crippen LogP contribution in [0, 0.1) is 5.82 Å². The largest absolute Gasteiger partial charge is 0.505 e. The molecule has 0 saturated carbocycles. The molecule has 0 unspecified atom stereocenters. The third-order valence-corrected chi connectivity index (χ3v) is 4.58. The van der Waals surface area contributed by atoms with E-state index in [0.29, 0.717) is 10.8 Å². The summed E-state index contributed by atoms with van der Waals surface area (Å²) in [6.07, 6.45) is 2.32. The van der Waals surface area contributed by atoms with Gasteiger partial charge in [0.05, 0.1) is 17.3 Å². The summed E-state index contributed by atoms with van der Waals surface area (Å²) >= 11 is 0. The summed E-state index contributed by atoms with van der Waals surface area (Å²) in [6, 6.07) is 9.16. The lowest BCUT2D eigenvalue weighted by Crippen LogP contribution is -2.38. The molecule has 0 saturated heterocycles. The lowest BCUT2D eigenvalue weighted by molar-refractivity contribution is 0.172. The Hall–Kier alpha value is -3.85. The molecule has 0 aliphatic carbocycles. The number of rotatable bonds is 4. The second kappa shape index (κ2) is 7.53. The van der Waals surface area contributed by atoms with Crippen molar-refractivity contribution in [3.63, 3.8) is 0 Å². The summed E-state index contributed by atoms with van der Waals surface area (Å²) < 4.78 is 20.2. The van der Waals surface area contributed by atoms with Crippen molar-refractivity contribution in [2.24, 2.45) is 0 Å². The fourth-order valence-electron chi connectivity index (χ4n) is 3.31. The van der Waals surface area contributed by atoms with E-state index in [9.17, 15) is 19.4 Å². The van der Waals surface area contributed by atoms with Crippen LogP contribution >= 0.6 is 0 Å². The third-order valence-electron chi connectivity index (χ3n) is 4.58. The van der Waals surface area contributed by atoms with E-state index in [1.165, 1.54) is 27.9 Å². The van der Waals surface area contributed by atoms with E-state index in [4.69, 9.17) is 4.74 Å². The molecule has 0 aliphatic heterocycles. The van der Waals surface area contributed by atoms with Gasteiger partial charge in [-0.1, -0.05) is 12.1 Å². The highest BCUT2D eigenvalue weighted by Gasteiger charge is 2.23. The Morgan fingerprint density at radius 2 is 1.93 bits per heavy atom. The van der Waals surface area contributed by atoms with Crippen LogP contribution < -0.4 is 10.2 Å². The van der Waals surface area contributed by atoms with Crippen LogP contribution in [-0.2, 0) is 6.54 Å². The van der Waals surface area contributed by atoms with Crippen molar-refractivity contribution in [2.75, 3.05) is 14.1 Å². The number of amides is 1. The number of phenolic OH excluding ortho intramolecular Hbond substituents is 1. The minimum Gasteiger partial charge on any atom is -0.505 e. The molecule has 0 aliphatic rings. The molecule has 2 aromatic heterocycles. The predicted octanol–water partition coefficient (Wildman–Crippen LogP) is 3.35. The first kappa shape index (κ1) is 19.5. The molecular weight excluding hydrogens is 391 g/mol. The predicted molar refractivity (Wildman–Crippen MR) is 109 cm³/mol. The first-order chi connectivity index (χ1) is 14.3. The minimum atomic E-state index is -0.733. The molecule has 8 nitrogen and oxygen atoms in total. The van der Waals surface area contributed by atoms with E-state index < -0.39 is 6.09 Å². The zero-order valence-electron chi connectivity index (χ0n) is 16.3. The van der Waals surface area contributed by atoms with Gasteiger partial charge in [-0.05, 0) is 29.8 Å². The zero-order valence-corrected chi connectivity index (χ0v) is 16.3. The molecule has 30 heavy (non-hydrogen) atoms. The van der Waals surface area contributed by atoms with Gasteiger partial charge in [0.2, 0.25) is 5.88 Å². The van der Waals surface area contributed by atoms with Crippen molar-refractivity contribution < 1.29 is 24.1 Å². The normalized spacial score (nSPS) is 11.3. The number of hydrogen-bond donors (Lipinski definition) is 3. The molecule has 2 heterocycles. The Balaban J connectivity index is 1.89. The second-order valence-electron chi connectivity index (χ2n) is 6.97. The average molecular weight is 410 g/mol. The molecule has 0 atom stereocenters. The van der Waals surface area contributed by atoms with Crippen molar-refractivity contribution in [1.82, 2.24) is 20.0 Å². The Labute approximate surface area is 170 Å². The maximum atomic E-state index is 13.2. The Morgan fingerprint density at radius 1 is 1.20 bits per heavy atom. The van der Waals surface area contributed by atoms with Crippen LogP contribution in [0.25, 0.3) is 21.7 Å². The molecule has 0 radical (unpaired) electrons. The van der Waals surface area contributed by atoms with E-state index >= 15 is 0 Å². The number of hydrazine groups is 1. The van der Waals surface area contributed by atoms with Crippen molar-refractivity contribution in [3.8, 4) is 17.4 Å². The highest BCUT2D eigenvalue weighted by Crippen LogP contribution is 2.46. The van der Waals surface area contributed by atoms with E-state index in [1.807, 2.05) is 0 Å². The van der Waals surface area contributed by atoms with Crippen LogP contribution in [0.2, 0.25) is 0 Å². The van der Waals surface area contributed by atoms with Gasteiger partial charge in [0.25, 0.3) is 0 Å². The molecule has 0 bridgehead atoms. The van der Waals surface area contributed by atoms with Gasteiger partial charge < -0.3 is 19.5 Å². The third kappa shape index (κ3) is 3.46. The first-order valence-corrected chi connectivity index (χ1v) is 9.07. The Morgan fingerprint density at radius 3 is 2.63 bits per heavy atom. The number of benzene rings is 2. The van der Waals surface area contributed by atoms with Gasteiger partial charge in [-0.3, -0.25) is 10.4 Å². The van der Waals surface area contributed by atoms with Gasteiger partial charge in [0.15, 0.2) is 11.5 Å². The number of halogens is 1. The van der Waals surface area contributed by atoms with Crippen molar-refractivity contribution in [1.29, 1.82) is 0 Å². The van der Waals surface area contributed by atoms with E-state index in [2.05, 4.69) is 10.4 Å². The maximum absolute atomic E-state index is 13.2. The lowest BCUT2D eigenvalue weighted by atomic mass is 10.1. The Kier molecular flexibility index (Phi) is 4.88. The zero-order chi connectivity index (χ0) is 21.4. The number of hydrogen-bond acceptors (Lipinski definition) is 6. The summed E-state index contributed by atoms with van der Waals surface area (Å²) in [5.74, 6) is -0.662. The Bertz CT molecular complexity index is 1250. The van der Waals surface area contributed by atoms with Crippen LogP contribution in [0.3, 0.4) is 0 Å². The molecule has 0 spiro atoms. The molecule has 2 aromatic carbocycles. The molecule has 1 amide bonds. The topological polar surface area (TPSA) is 99.9 Å². The second-order valence-corrected chi connectivity index (χ2v) is 6.97. The van der Waals surface area contributed by atoms with Crippen LogP contribution in [0.5, 0.6) is 17.4 Å².